The fourth-order valence-corrected chi connectivity index (χ4v) is 3.93. The zero-order valence-electron chi connectivity index (χ0n) is 15.3. The Morgan fingerprint density at radius 3 is 2.52 bits per heavy atom. The van der Waals surface area contributed by atoms with E-state index < -0.39 is 30.5 Å². The average Bonchev–Trinajstić information content (AvgIpc) is 2.85. The third kappa shape index (κ3) is 3.48. The molecule has 2 aromatic carbocycles. The Balaban J connectivity index is 1.58. The third-order valence-electron chi connectivity index (χ3n) is 5.76. The molecule has 3 nitrogen and oxygen atoms in total. The van der Waals surface area contributed by atoms with Gasteiger partial charge < -0.3 is 9.64 Å². The van der Waals surface area contributed by atoms with Crippen LogP contribution >= 0.6 is 0 Å². The summed E-state index contributed by atoms with van der Waals surface area (Å²) >= 11 is 0. The molecule has 1 unspecified atom stereocenters. The standard InChI is InChI=1S/C22H23F2NO2/c1-15-19(25(14-22(15,23)24)21(26)20-10-11-27-20)13-16-6-5-9-18(12-16)17-7-3-2-4-8-17/h2-9,12,15,19-20H,10-11,13-14H2,1H3/t15-,19+,20?/m1/s1. The second-order valence-electron chi connectivity index (χ2n) is 7.50. The maximum absolute atomic E-state index is 14.4. The molecule has 5 heteroatoms. The molecular formula is C22H23F2NO2. The quantitative estimate of drug-likeness (QED) is 0.807. The zero-order valence-corrected chi connectivity index (χ0v) is 15.3. The lowest BCUT2D eigenvalue weighted by atomic mass is 9.92. The fourth-order valence-electron chi connectivity index (χ4n) is 3.93. The van der Waals surface area contributed by atoms with Crippen molar-refractivity contribution in [2.45, 2.75) is 37.8 Å². The molecule has 0 N–H and O–H groups in total. The summed E-state index contributed by atoms with van der Waals surface area (Å²) in [5, 5.41) is 0. The van der Waals surface area contributed by atoms with Crippen LogP contribution in [0.5, 0.6) is 0 Å². The first-order chi connectivity index (χ1) is 13.0. The van der Waals surface area contributed by atoms with Crippen LogP contribution in [0.4, 0.5) is 8.78 Å². The summed E-state index contributed by atoms with van der Waals surface area (Å²) in [6.07, 6.45) is 0.478. The number of hydrogen-bond acceptors (Lipinski definition) is 2. The zero-order chi connectivity index (χ0) is 19.0. The molecule has 0 spiro atoms. The van der Waals surface area contributed by atoms with E-state index in [1.54, 1.807) is 6.92 Å². The number of rotatable bonds is 4. The topological polar surface area (TPSA) is 29.5 Å². The highest BCUT2D eigenvalue weighted by Gasteiger charge is 2.54. The number of benzene rings is 2. The van der Waals surface area contributed by atoms with Crippen LogP contribution in [0, 0.1) is 5.92 Å². The van der Waals surface area contributed by atoms with Gasteiger partial charge in [-0.05, 0) is 23.1 Å². The van der Waals surface area contributed by atoms with Gasteiger partial charge in [0, 0.05) is 18.4 Å². The van der Waals surface area contributed by atoms with Gasteiger partial charge in [0.15, 0.2) is 0 Å². The minimum atomic E-state index is -2.87. The number of likely N-dealkylation sites (tertiary alicyclic amines) is 1. The van der Waals surface area contributed by atoms with Crippen LogP contribution in [0.3, 0.4) is 0 Å². The Morgan fingerprint density at radius 2 is 1.85 bits per heavy atom. The molecule has 0 radical (unpaired) electrons. The first-order valence-corrected chi connectivity index (χ1v) is 9.40. The number of hydrogen-bond donors (Lipinski definition) is 0. The molecule has 2 aromatic rings. The molecule has 0 aliphatic carbocycles. The van der Waals surface area contributed by atoms with Gasteiger partial charge in [0.2, 0.25) is 0 Å². The average molecular weight is 371 g/mol. The van der Waals surface area contributed by atoms with Crippen LogP contribution in [0.1, 0.15) is 18.9 Å². The molecule has 0 aromatic heterocycles. The molecule has 3 atom stereocenters. The molecule has 2 aliphatic rings. The molecule has 1 amide bonds. The van der Waals surface area contributed by atoms with Gasteiger partial charge in [-0.1, -0.05) is 61.5 Å². The molecule has 2 heterocycles. The second-order valence-corrected chi connectivity index (χ2v) is 7.50. The Hall–Kier alpha value is -2.27. The van der Waals surface area contributed by atoms with Crippen LogP contribution in [0.15, 0.2) is 54.6 Å². The molecule has 0 saturated carbocycles. The largest absolute Gasteiger partial charge is 0.368 e. The minimum absolute atomic E-state index is 0.297. The van der Waals surface area contributed by atoms with Gasteiger partial charge in [-0.15, -0.1) is 0 Å². The van der Waals surface area contributed by atoms with Gasteiger partial charge >= 0.3 is 0 Å². The summed E-state index contributed by atoms with van der Waals surface area (Å²) in [4.78, 5) is 14.0. The van der Waals surface area contributed by atoms with Crippen molar-refractivity contribution in [3.63, 3.8) is 0 Å². The van der Waals surface area contributed by atoms with E-state index >= 15 is 0 Å². The first kappa shape index (κ1) is 18.1. The normalized spacial score (nSPS) is 26.6. The van der Waals surface area contributed by atoms with Crippen molar-refractivity contribution in [3.05, 3.63) is 60.2 Å². The van der Waals surface area contributed by atoms with E-state index in [1.165, 1.54) is 4.90 Å². The molecule has 142 valence electrons. The summed E-state index contributed by atoms with van der Waals surface area (Å²) in [6, 6.07) is 17.3. The lowest BCUT2D eigenvalue weighted by molar-refractivity contribution is -0.158. The van der Waals surface area contributed by atoms with Gasteiger partial charge in [0.25, 0.3) is 11.8 Å². The second kappa shape index (κ2) is 7.04. The maximum Gasteiger partial charge on any atom is 0.269 e. The van der Waals surface area contributed by atoms with Crippen molar-refractivity contribution < 1.29 is 18.3 Å². The first-order valence-electron chi connectivity index (χ1n) is 9.40. The van der Waals surface area contributed by atoms with Crippen LogP contribution < -0.4 is 0 Å². The molecule has 27 heavy (non-hydrogen) atoms. The van der Waals surface area contributed by atoms with E-state index in [0.717, 1.165) is 16.7 Å². The van der Waals surface area contributed by atoms with Gasteiger partial charge in [-0.25, -0.2) is 8.78 Å². The van der Waals surface area contributed by atoms with Gasteiger partial charge in [0.05, 0.1) is 13.2 Å². The van der Waals surface area contributed by atoms with E-state index in [-0.39, 0.29) is 5.91 Å². The Labute approximate surface area is 157 Å². The minimum Gasteiger partial charge on any atom is -0.368 e. The smallest absolute Gasteiger partial charge is 0.269 e. The summed E-state index contributed by atoms with van der Waals surface area (Å²) in [5.74, 6) is -4.06. The predicted molar refractivity (Wildman–Crippen MR) is 99.6 cm³/mol. The number of carbonyl (C=O) groups is 1. The van der Waals surface area contributed by atoms with E-state index in [1.807, 2.05) is 54.6 Å². The van der Waals surface area contributed by atoms with Crippen LogP contribution in [-0.4, -0.2) is 42.0 Å². The molecule has 4 rings (SSSR count). The number of amides is 1. The number of nitrogens with zero attached hydrogens (tertiary/aromatic N) is 1. The van der Waals surface area contributed by atoms with Crippen LogP contribution in [0.25, 0.3) is 11.1 Å². The highest BCUT2D eigenvalue weighted by molar-refractivity contribution is 5.82. The number of alkyl halides is 2. The van der Waals surface area contributed by atoms with Gasteiger partial charge in [-0.2, -0.15) is 0 Å². The summed E-state index contributed by atoms with van der Waals surface area (Å²) in [6.45, 7) is 1.55. The van der Waals surface area contributed by atoms with Gasteiger partial charge in [-0.3, -0.25) is 4.79 Å². The number of halogens is 2. The van der Waals surface area contributed by atoms with E-state index in [4.69, 9.17) is 4.74 Å². The summed E-state index contributed by atoms with van der Waals surface area (Å²) in [7, 11) is 0. The Kier molecular flexibility index (Phi) is 4.72. The van der Waals surface area contributed by atoms with Crippen molar-refractivity contribution in [2.24, 2.45) is 5.92 Å². The van der Waals surface area contributed by atoms with Crippen LogP contribution in [-0.2, 0) is 16.0 Å². The Morgan fingerprint density at radius 1 is 1.15 bits per heavy atom. The Bertz CT molecular complexity index is 820. The monoisotopic (exact) mass is 371 g/mol. The molecule has 2 saturated heterocycles. The highest BCUT2D eigenvalue weighted by Crippen LogP contribution is 2.40. The van der Waals surface area contributed by atoms with E-state index in [9.17, 15) is 13.6 Å². The lowest BCUT2D eigenvalue weighted by Gasteiger charge is -2.33. The van der Waals surface area contributed by atoms with Crippen molar-refractivity contribution in [1.82, 2.24) is 4.90 Å². The van der Waals surface area contributed by atoms with E-state index in [0.29, 0.717) is 19.4 Å². The summed E-state index contributed by atoms with van der Waals surface area (Å²) in [5.41, 5.74) is 3.09. The maximum atomic E-state index is 14.4. The van der Waals surface area contributed by atoms with E-state index in [2.05, 4.69) is 0 Å². The lowest BCUT2D eigenvalue weighted by Crippen LogP contribution is -2.49. The number of carbonyl (C=O) groups excluding carboxylic acids is 1. The van der Waals surface area contributed by atoms with Gasteiger partial charge in [0.1, 0.15) is 6.10 Å². The SMILES string of the molecule is C[C@@H]1[C@H](Cc2cccc(-c3ccccc3)c2)N(C(=O)C2CCO2)CC1(F)F. The van der Waals surface area contributed by atoms with Crippen molar-refractivity contribution >= 4 is 5.91 Å². The van der Waals surface area contributed by atoms with Crippen molar-refractivity contribution in [3.8, 4) is 11.1 Å². The van der Waals surface area contributed by atoms with Crippen LogP contribution in [0.2, 0.25) is 0 Å². The highest BCUT2D eigenvalue weighted by atomic mass is 19.3. The molecule has 0 bridgehead atoms. The van der Waals surface area contributed by atoms with Crippen molar-refractivity contribution in [1.29, 1.82) is 0 Å². The fraction of sp³-hybridized carbons (Fsp3) is 0.409. The molecule has 2 aliphatic heterocycles. The molecule has 2 fully saturated rings. The predicted octanol–water partition coefficient (Wildman–Crippen LogP) is 4.17. The van der Waals surface area contributed by atoms with Crippen molar-refractivity contribution in [2.75, 3.05) is 13.2 Å². The summed E-state index contributed by atoms with van der Waals surface area (Å²) < 4.78 is 34.0. The third-order valence-corrected chi connectivity index (χ3v) is 5.76. The molecular weight excluding hydrogens is 348 g/mol. The number of ether oxygens (including phenoxy) is 1.